The van der Waals surface area contributed by atoms with E-state index in [-0.39, 0.29) is 69.2 Å². The fourth-order valence-electron chi connectivity index (χ4n) is 3.14. The Kier molecular flexibility index (Phi) is 15.2. The maximum Gasteiger partial charge on any atom is 0.422 e. The van der Waals surface area contributed by atoms with Crippen molar-refractivity contribution in [3.63, 3.8) is 0 Å². The summed E-state index contributed by atoms with van der Waals surface area (Å²) in [6, 6.07) is 0. The van der Waals surface area contributed by atoms with Crippen LogP contribution in [0.25, 0.3) is 0 Å². The number of rotatable bonds is 5. The van der Waals surface area contributed by atoms with Crippen molar-refractivity contribution >= 4 is 51.4 Å². The van der Waals surface area contributed by atoms with Gasteiger partial charge in [0.15, 0.2) is 6.61 Å². The standard InChI is InChI=1S/C22H36Cl2N6O10S/c1-22(2,3)40-17(31)16-39-21(32)28-41(33,34)30-6-10-37-14-12-35-8-4-29(5-9-36-13-15-38-11-7-30)20-26-18(23)25-19(24)27-20/h4-16H2,1-3H3,(H,28,32). The zero-order chi connectivity index (χ0) is 30.3. The van der Waals surface area contributed by atoms with Crippen molar-refractivity contribution in [3.05, 3.63) is 10.6 Å². The molecule has 0 atom stereocenters. The molecule has 1 aliphatic heterocycles. The molecule has 0 aromatic carbocycles. The molecule has 1 aromatic rings. The smallest absolute Gasteiger partial charge is 0.422 e. The Labute approximate surface area is 249 Å². The highest BCUT2D eigenvalue weighted by Gasteiger charge is 2.26. The van der Waals surface area contributed by atoms with Gasteiger partial charge in [0.25, 0.3) is 0 Å². The van der Waals surface area contributed by atoms with Gasteiger partial charge >= 0.3 is 22.3 Å². The Bertz CT molecular complexity index is 1040. The number of anilines is 1. The van der Waals surface area contributed by atoms with Gasteiger partial charge in [0.05, 0.1) is 52.9 Å². The summed E-state index contributed by atoms with van der Waals surface area (Å²) in [6.07, 6.45) is -1.32. The Hall–Kier alpha value is -2.12. The lowest BCUT2D eigenvalue weighted by Crippen LogP contribution is -2.46. The Morgan fingerprint density at radius 2 is 1.29 bits per heavy atom. The fourth-order valence-corrected chi connectivity index (χ4v) is 4.53. The van der Waals surface area contributed by atoms with Crippen molar-refractivity contribution < 1.29 is 46.4 Å². The number of amides is 1. The molecule has 2 heterocycles. The lowest BCUT2D eigenvalue weighted by molar-refractivity contribution is -0.158. The van der Waals surface area contributed by atoms with E-state index in [1.54, 1.807) is 30.4 Å². The molecule has 1 aliphatic rings. The van der Waals surface area contributed by atoms with Crippen LogP contribution in [0.15, 0.2) is 0 Å². The van der Waals surface area contributed by atoms with Gasteiger partial charge in [-0.15, -0.1) is 0 Å². The number of ether oxygens (including phenoxy) is 6. The van der Waals surface area contributed by atoms with E-state index in [2.05, 4.69) is 19.7 Å². The van der Waals surface area contributed by atoms with Crippen LogP contribution >= 0.6 is 23.2 Å². The van der Waals surface area contributed by atoms with Crippen LogP contribution in [0, 0.1) is 0 Å². The molecule has 1 aromatic heterocycles. The van der Waals surface area contributed by atoms with Gasteiger partial charge in [-0.1, -0.05) is 0 Å². The van der Waals surface area contributed by atoms with Gasteiger partial charge in [0.2, 0.25) is 16.5 Å². The first-order chi connectivity index (χ1) is 19.4. The number of carbonyl (C=O) groups excluding carboxylic acids is 2. The van der Waals surface area contributed by atoms with Crippen molar-refractivity contribution in [2.45, 2.75) is 26.4 Å². The molecule has 1 amide bonds. The third-order valence-corrected chi connectivity index (χ3v) is 6.68. The molecule has 1 saturated heterocycles. The normalized spacial score (nSPS) is 18.1. The summed E-state index contributed by atoms with van der Waals surface area (Å²) in [5.74, 6) is -0.534. The molecule has 234 valence electrons. The van der Waals surface area contributed by atoms with Crippen LogP contribution in [-0.4, -0.2) is 131 Å². The van der Waals surface area contributed by atoms with Crippen molar-refractivity contribution in [2.75, 3.05) is 90.5 Å². The van der Waals surface area contributed by atoms with E-state index in [0.29, 0.717) is 26.3 Å². The van der Waals surface area contributed by atoms with E-state index in [1.165, 1.54) is 0 Å². The average Bonchev–Trinajstić information content (AvgIpc) is 2.85. The van der Waals surface area contributed by atoms with E-state index in [1.807, 2.05) is 0 Å². The van der Waals surface area contributed by atoms with Crippen LogP contribution in [0.3, 0.4) is 0 Å². The number of carbonyl (C=O) groups is 2. The quantitative estimate of drug-likeness (QED) is 0.441. The molecule has 2 rings (SSSR count). The Morgan fingerprint density at radius 1 is 0.829 bits per heavy atom. The molecule has 0 aliphatic carbocycles. The molecule has 19 heteroatoms. The SMILES string of the molecule is CC(C)(C)OC(=O)COC(=O)NS(=O)(=O)N1CCOCCOCCN(c2nc(Cl)nc(Cl)n2)CCOCCOCC1. The highest BCUT2D eigenvalue weighted by atomic mass is 35.5. The topological polar surface area (TPSA) is 181 Å². The summed E-state index contributed by atoms with van der Waals surface area (Å²) in [7, 11) is -4.34. The second-order valence-corrected chi connectivity index (χ2v) is 11.6. The van der Waals surface area contributed by atoms with Crippen molar-refractivity contribution in [1.82, 2.24) is 24.0 Å². The predicted octanol–water partition coefficient (Wildman–Crippen LogP) is 0.680. The number of nitrogens with one attached hydrogen (secondary N) is 1. The maximum absolute atomic E-state index is 12.8. The molecule has 41 heavy (non-hydrogen) atoms. The number of esters is 1. The molecule has 0 saturated carbocycles. The number of hydrogen-bond donors (Lipinski definition) is 1. The summed E-state index contributed by atoms with van der Waals surface area (Å²) < 4.78 is 60.2. The number of hydrogen-bond acceptors (Lipinski definition) is 14. The minimum Gasteiger partial charge on any atom is -0.457 e. The van der Waals surface area contributed by atoms with Crippen LogP contribution < -0.4 is 9.62 Å². The molecule has 0 bridgehead atoms. The third-order valence-electron chi connectivity index (χ3n) is 4.87. The van der Waals surface area contributed by atoms with Crippen LogP contribution in [0.1, 0.15) is 20.8 Å². The summed E-state index contributed by atoms with van der Waals surface area (Å²) in [5, 5.41) is -0.0703. The second kappa shape index (κ2) is 17.7. The first-order valence-corrected chi connectivity index (χ1v) is 14.8. The summed E-state index contributed by atoms with van der Waals surface area (Å²) in [5.41, 5.74) is -0.786. The lowest BCUT2D eigenvalue weighted by atomic mass is 10.2. The molecule has 1 fully saturated rings. The molecule has 0 spiro atoms. The van der Waals surface area contributed by atoms with Crippen molar-refractivity contribution in [2.24, 2.45) is 0 Å². The zero-order valence-electron chi connectivity index (χ0n) is 23.2. The van der Waals surface area contributed by atoms with Gasteiger partial charge in [0, 0.05) is 26.2 Å². The first kappa shape index (κ1) is 35.1. The van der Waals surface area contributed by atoms with E-state index in [0.717, 1.165) is 4.31 Å². The fraction of sp³-hybridized carbons (Fsp3) is 0.773. The number of aromatic nitrogens is 3. The molecule has 0 radical (unpaired) electrons. The second-order valence-electron chi connectivity index (χ2n) is 9.28. The average molecular weight is 648 g/mol. The van der Waals surface area contributed by atoms with Gasteiger partial charge in [-0.05, 0) is 44.0 Å². The Balaban J connectivity index is 1.88. The number of nitrogens with zero attached hydrogens (tertiary/aromatic N) is 5. The minimum absolute atomic E-state index is 0.00825. The van der Waals surface area contributed by atoms with Gasteiger partial charge in [-0.2, -0.15) is 27.7 Å². The molecule has 1 N–H and O–H groups in total. The van der Waals surface area contributed by atoms with Crippen LogP contribution in [0.5, 0.6) is 0 Å². The molecular formula is C22H36Cl2N6O10S. The molecule has 0 unspecified atom stereocenters. The van der Waals surface area contributed by atoms with Crippen molar-refractivity contribution in [1.29, 1.82) is 0 Å². The molecular weight excluding hydrogens is 611 g/mol. The highest BCUT2D eigenvalue weighted by molar-refractivity contribution is 7.87. The van der Waals surface area contributed by atoms with Crippen LogP contribution in [0.2, 0.25) is 10.6 Å². The predicted molar refractivity (Wildman–Crippen MR) is 146 cm³/mol. The van der Waals surface area contributed by atoms with Gasteiger partial charge in [0.1, 0.15) is 5.60 Å². The van der Waals surface area contributed by atoms with Crippen LogP contribution in [0.4, 0.5) is 10.7 Å². The zero-order valence-corrected chi connectivity index (χ0v) is 25.5. The monoisotopic (exact) mass is 646 g/mol. The third kappa shape index (κ3) is 15.1. The maximum atomic E-state index is 12.8. The van der Waals surface area contributed by atoms with E-state index in [9.17, 15) is 18.0 Å². The summed E-state index contributed by atoms with van der Waals surface area (Å²) >= 11 is 11.8. The van der Waals surface area contributed by atoms with E-state index >= 15 is 0 Å². The van der Waals surface area contributed by atoms with Gasteiger partial charge in [-0.3, -0.25) is 0 Å². The number of halogens is 2. The van der Waals surface area contributed by atoms with Gasteiger partial charge < -0.3 is 33.3 Å². The van der Waals surface area contributed by atoms with Crippen molar-refractivity contribution in [3.8, 4) is 0 Å². The van der Waals surface area contributed by atoms with E-state index in [4.69, 9.17) is 46.9 Å². The lowest BCUT2D eigenvalue weighted by Gasteiger charge is -2.23. The summed E-state index contributed by atoms with van der Waals surface area (Å²) in [6.45, 7) is 6.23. The first-order valence-electron chi connectivity index (χ1n) is 12.7. The Morgan fingerprint density at radius 3 is 1.76 bits per heavy atom. The molecule has 16 nitrogen and oxygen atoms in total. The minimum atomic E-state index is -4.34. The largest absolute Gasteiger partial charge is 0.457 e. The summed E-state index contributed by atoms with van der Waals surface area (Å²) in [4.78, 5) is 37.5. The van der Waals surface area contributed by atoms with Crippen LogP contribution in [-0.2, 0) is 43.4 Å². The highest BCUT2D eigenvalue weighted by Crippen LogP contribution is 2.14. The van der Waals surface area contributed by atoms with Gasteiger partial charge in [-0.25, -0.2) is 14.3 Å². The van der Waals surface area contributed by atoms with E-state index < -0.39 is 34.5 Å².